The standard InChI is InChI=1S/C22H32N4O3/c1-5-13-25-16-11-7-6-10-15(16)18(24-19(23)20(25)27)17-12-8-9-14-26(17)21(28)29-22(2,3)4/h6-7,10-11,17,19H,5,8-9,12-14,23H2,1-4H3/t17-,19-/m1/s1. The Morgan fingerprint density at radius 3 is 2.69 bits per heavy atom. The SMILES string of the molecule is CCCN1C(=O)[C@H](N)N=C([C@H]2CCCCN2C(=O)OC(C)(C)C)c2ccccc21. The first-order valence-electron chi connectivity index (χ1n) is 10.5. The van der Waals surface area contributed by atoms with Crippen LogP contribution in [0.15, 0.2) is 29.3 Å². The Balaban J connectivity index is 2.04. The Kier molecular flexibility index (Phi) is 6.27. The van der Waals surface area contributed by atoms with Crippen LogP contribution in [-0.4, -0.2) is 53.5 Å². The van der Waals surface area contributed by atoms with Gasteiger partial charge >= 0.3 is 6.09 Å². The van der Waals surface area contributed by atoms with Crippen LogP contribution in [0.2, 0.25) is 0 Å². The van der Waals surface area contributed by atoms with Crippen molar-refractivity contribution in [3.05, 3.63) is 29.8 Å². The summed E-state index contributed by atoms with van der Waals surface area (Å²) in [6.07, 6.45) is 2.14. The average molecular weight is 401 g/mol. The molecule has 0 spiro atoms. The lowest BCUT2D eigenvalue weighted by Gasteiger charge is -2.37. The second-order valence-electron chi connectivity index (χ2n) is 8.65. The molecule has 1 fully saturated rings. The summed E-state index contributed by atoms with van der Waals surface area (Å²) in [5.74, 6) is -0.214. The number of carbonyl (C=O) groups is 2. The molecule has 0 aromatic heterocycles. The van der Waals surface area contributed by atoms with Crippen LogP contribution in [0.5, 0.6) is 0 Å². The summed E-state index contributed by atoms with van der Waals surface area (Å²) in [5.41, 5.74) is 7.98. The predicted octanol–water partition coefficient (Wildman–Crippen LogP) is 3.31. The van der Waals surface area contributed by atoms with Crippen molar-refractivity contribution in [1.29, 1.82) is 0 Å². The molecular weight excluding hydrogens is 368 g/mol. The van der Waals surface area contributed by atoms with E-state index in [2.05, 4.69) is 4.99 Å². The number of nitrogens with zero attached hydrogens (tertiary/aromatic N) is 3. The molecule has 7 heteroatoms. The fraction of sp³-hybridized carbons (Fsp3) is 0.591. The van der Waals surface area contributed by atoms with E-state index in [1.807, 2.05) is 52.0 Å². The Morgan fingerprint density at radius 2 is 2.00 bits per heavy atom. The van der Waals surface area contributed by atoms with Gasteiger partial charge < -0.3 is 15.4 Å². The fourth-order valence-corrected chi connectivity index (χ4v) is 3.95. The van der Waals surface area contributed by atoms with E-state index in [1.165, 1.54) is 0 Å². The topological polar surface area (TPSA) is 88.2 Å². The van der Waals surface area contributed by atoms with E-state index >= 15 is 0 Å². The fourth-order valence-electron chi connectivity index (χ4n) is 3.95. The third kappa shape index (κ3) is 4.61. The highest BCUT2D eigenvalue weighted by Gasteiger charge is 2.38. The van der Waals surface area contributed by atoms with Gasteiger partial charge in [-0.1, -0.05) is 25.1 Å². The van der Waals surface area contributed by atoms with Crippen LogP contribution in [0.25, 0.3) is 0 Å². The van der Waals surface area contributed by atoms with Crippen LogP contribution < -0.4 is 10.6 Å². The zero-order valence-corrected chi connectivity index (χ0v) is 17.9. The molecule has 0 aliphatic carbocycles. The number of aliphatic imine (C=N–C) groups is 1. The third-order valence-corrected chi connectivity index (χ3v) is 5.16. The molecule has 2 aliphatic rings. The highest BCUT2D eigenvalue weighted by molar-refractivity contribution is 6.15. The van der Waals surface area contributed by atoms with Gasteiger partial charge in [-0.15, -0.1) is 0 Å². The van der Waals surface area contributed by atoms with Gasteiger partial charge in [-0.3, -0.25) is 14.7 Å². The van der Waals surface area contributed by atoms with Gasteiger partial charge in [0.1, 0.15) is 5.60 Å². The van der Waals surface area contributed by atoms with Gasteiger partial charge in [-0.25, -0.2) is 4.79 Å². The van der Waals surface area contributed by atoms with Crippen molar-refractivity contribution in [1.82, 2.24) is 4.90 Å². The minimum Gasteiger partial charge on any atom is -0.444 e. The number of likely N-dealkylation sites (tertiary alicyclic amines) is 1. The highest BCUT2D eigenvalue weighted by atomic mass is 16.6. The Morgan fingerprint density at radius 1 is 1.28 bits per heavy atom. The van der Waals surface area contributed by atoms with Gasteiger partial charge in [0.05, 0.1) is 17.4 Å². The zero-order chi connectivity index (χ0) is 21.2. The van der Waals surface area contributed by atoms with E-state index < -0.39 is 11.8 Å². The third-order valence-electron chi connectivity index (χ3n) is 5.16. The van der Waals surface area contributed by atoms with E-state index in [9.17, 15) is 9.59 Å². The quantitative estimate of drug-likeness (QED) is 0.843. The Bertz CT molecular complexity index is 799. The van der Waals surface area contributed by atoms with Crippen molar-refractivity contribution in [2.75, 3.05) is 18.0 Å². The Labute approximate surface area is 172 Å². The van der Waals surface area contributed by atoms with E-state index in [1.54, 1.807) is 9.80 Å². The molecule has 1 aromatic rings. The normalized spacial score (nSPS) is 22.7. The molecule has 2 N–H and O–H groups in total. The zero-order valence-electron chi connectivity index (χ0n) is 17.9. The number of hydrogen-bond donors (Lipinski definition) is 1. The van der Waals surface area contributed by atoms with Crippen LogP contribution in [0, 0.1) is 0 Å². The molecule has 0 radical (unpaired) electrons. The molecule has 0 saturated carbocycles. The second kappa shape index (κ2) is 8.53. The number of piperidine rings is 1. The number of benzodiazepines with no additional fused rings is 1. The maximum atomic E-state index is 12.9. The number of ether oxygens (including phenoxy) is 1. The summed E-state index contributed by atoms with van der Waals surface area (Å²) in [6, 6.07) is 7.47. The van der Waals surface area contributed by atoms with Crippen LogP contribution in [0.3, 0.4) is 0 Å². The van der Waals surface area contributed by atoms with E-state index in [4.69, 9.17) is 10.5 Å². The number of carbonyl (C=O) groups excluding carboxylic acids is 2. The van der Waals surface area contributed by atoms with Gasteiger partial charge in [-0.2, -0.15) is 0 Å². The summed E-state index contributed by atoms with van der Waals surface area (Å²) in [5, 5.41) is 0. The van der Waals surface area contributed by atoms with E-state index in [0.717, 1.165) is 36.9 Å². The van der Waals surface area contributed by atoms with Crippen molar-refractivity contribution < 1.29 is 14.3 Å². The van der Waals surface area contributed by atoms with Crippen molar-refractivity contribution >= 4 is 23.4 Å². The minimum atomic E-state index is -0.980. The largest absolute Gasteiger partial charge is 0.444 e. The number of nitrogens with two attached hydrogens (primary N) is 1. The van der Waals surface area contributed by atoms with Gasteiger partial charge in [-0.05, 0) is 52.5 Å². The molecule has 7 nitrogen and oxygen atoms in total. The molecule has 2 amide bonds. The molecule has 29 heavy (non-hydrogen) atoms. The molecule has 0 bridgehead atoms. The lowest BCUT2D eigenvalue weighted by Crippen LogP contribution is -2.50. The summed E-state index contributed by atoms with van der Waals surface area (Å²) >= 11 is 0. The summed E-state index contributed by atoms with van der Waals surface area (Å²) in [6.45, 7) is 8.79. The van der Waals surface area contributed by atoms with Gasteiger partial charge in [0.2, 0.25) is 0 Å². The first-order valence-corrected chi connectivity index (χ1v) is 10.5. The summed E-state index contributed by atoms with van der Waals surface area (Å²) in [4.78, 5) is 33.9. The maximum absolute atomic E-state index is 12.9. The number of fused-ring (bicyclic) bond motifs is 1. The number of anilines is 1. The molecule has 158 valence electrons. The summed E-state index contributed by atoms with van der Waals surface area (Å²) in [7, 11) is 0. The minimum absolute atomic E-state index is 0.214. The van der Waals surface area contributed by atoms with Crippen molar-refractivity contribution in [2.45, 2.75) is 71.2 Å². The number of para-hydroxylation sites is 1. The van der Waals surface area contributed by atoms with Gasteiger partial charge in [0, 0.05) is 18.7 Å². The van der Waals surface area contributed by atoms with Gasteiger partial charge in [0.15, 0.2) is 6.17 Å². The molecule has 2 aliphatic heterocycles. The maximum Gasteiger partial charge on any atom is 0.410 e. The highest BCUT2D eigenvalue weighted by Crippen LogP contribution is 2.31. The lowest BCUT2D eigenvalue weighted by atomic mass is 9.92. The molecule has 2 heterocycles. The summed E-state index contributed by atoms with van der Waals surface area (Å²) < 4.78 is 5.65. The second-order valence-corrected chi connectivity index (χ2v) is 8.65. The van der Waals surface area contributed by atoms with Crippen LogP contribution in [0.4, 0.5) is 10.5 Å². The molecule has 1 saturated heterocycles. The van der Waals surface area contributed by atoms with Crippen LogP contribution >= 0.6 is 0 Å². The smallest absolute Gasteiger partial charge is 0.410 e. The first-order chi connectivity index (χ1) is 13.7. The lowest BCUT2D eigenvalue weighted by molar-refractivity contribution is -0.119. The molecule has 2 atom stereocenters. The Hall–Kier alpha value is -2.41. The predicted molar refractivity (Wildman–Crippen MR) is 114 cm³/mol. The number of rotatable bonds is 3. The number of amides is 2. The van der Waals surface area contributed by atoms with Crippen molar-refractivity contribution in [3.63, 3.8) is 0 Å². The van der Waals surface area contributed by atoms with Gasteiger partial charge in [0.25, 0.3) is 5.91 Å². The average Bonchev–Trinajstić information content (AvgIpc) is 2.77. The number of benzene rings is 1. The van der Waals surface area contributed by atoms with Crippen LogP contribution in [-0.2, 0) is 9.53 Å². The number of hydrogen-bond acceptors (Lipinski definition) is 5. The van der Waals surface area contributed by atoms with Crippen LogP contribution in [0.1, 0.15) is 58.9 Å². The van der Waals surface area contributed by atoms with E-state index in [-0.39, 0.29) is 18.0 Å². The monoisotopic (exact) mass is 400 g/mol. The molecule has 3 rings (SSSR count). The molecule has 1 aromatic carbocycles. The first kappa shape index (κ1) is 21.3. The van der Waals surface area contributed by atoms with E-state index in [0.29, 0.717) is 18.8 Å². The van der Waals surface area contributed by atoms with Crippen molar-refractivity contribution in [2.24, 2.45) is 10.7 Å². The molecular formula is C22H32N4O3. The molecule has 0 unspecified atom stereocenters. The van der Waals surface area contributed by atoms with Crippen molar-refractivity contribution in [3.8, 4) is 0 Å².